The summed E-state index contributed by atoms with van der Waals surface area (Å²) in [7, 11) is 0. The molecule has 2 aliphatic heterocycles. The van der Waals surface area contributed by atoms with Gasteiger partial charge in [0, 0.05) is 23.9 Å². The van der Waals surface area contributed by atoms with Gasteiger partial charge < -0.3 is 18.9 Å². The summed E-state index contributed by atoms with van der Waals surface area (Å²) in [6, 6.07) is 8.20. The molecule has 0 aromatic heterocycles. The molecule has 1 atom stereocenters. The molecule has 32 heavy (non-hydrogen) atoms. The van der Waals surface area contributed by atoms with E-state index in [0.29, 0.717) is 39.3 Å². The average molecular weight is 446 g/mol. The summed E-state index contributed by atoms with van der Waals surface area (Å²) in [5.41, 5.74) is 0.643. The van der Waals surface area contributed by atoms with Crippen LogP contribution >= 0.6 is 0 Å². The molecule has 1 unspecified atom stereocenters. The second-order valence-electron chi connectivity index (χ2n) is 9.88. The molecule has 2 saturated heterocycles. The maximum absolute atomic E-state index is 6.37. The van der Waals surface area contributed by atoms with Crippen LogP contribution in [-0.2, 0) is 25.5 Å². The fourth-order valence-corrected chi connectivity index (χ4v) is 4.72. The smallest absolute Gasteiger partial charge is 0.172 e. The monoisotopic (exact) mass is 445 g/mol. The first-order valence-electron chi connectivity index (χ1n) is 11.5. The lowest BCUT2D eigenvalue weighted by Gasteiger charge is -2.57. The van der Waals surface area contributed by atoms with Crippen molar-refractivity contribution in [2.75, 3.05) is 33.0 Å². The SMILES string of the molecule is C=CCOC1(OCC=C)CC(C)(C)N(OCCc2ccc(OCC3CO3)cc2)C(C)(C)C1. The Balaban J connectivity index is 1.58. The number of nitrogens with zero attached hydrogens (tertiary/aromatic N) is 1. The van der Waals surface area contributed by atoms with Crippen LogP contribution in [-0.4, -0.2) is 61.1 Å². The van der Waals surface area contributed by atoms with E-state index >= 15 is 0 Å². The Morgan fingerprint density at radius 3 is 2.06 bits per heavy atom. The van der Waals surface area contributed by atoms with Crippen LogP contribution in [0.4, 0.5) is 0 Å². The molecule has 2 heterocycles. The van der Waals surface area contributed by atoms with Gasteiger partial charge in [-0.2, -0.15) is 5.06 Å². The Labute approximate surface area is 193 Å². The quantitative estimate of drug-likeness (QED) is 0.249. The molecule has 0 N–H and O–H groups in total. The largest absolute Gasteiger partial charge is 0.491 e. The minimum atomic E-state index is -0.698. The van der Waals surface area contributed by atoms with Gasteiger partial charge in [0.2, 0.25) is 0 Å². The fourth-order valence-electron chi connectivity index (χ4n) is 4.72. The lowest BCUT2D eigenvalue weighted by molar-refractivity contribution is -0.353. The van der Waals surface area contributed by atoms with Crippen molar-refractivity contribution in [1.29, 1.82) is 0 Å². The van der Waals surface area contributed by atoms with Crippen molar-refractivity contribution >= 4 is 0 Å². The molecule has 1 aromatic carbocycles. The Morgan fingerprint density at radius 1 is 1.00 bits per heavy atom. The van der Waals surface area contributed by atoms with E-state index in [2.05, 4.69) is 58.0 Å². The van der Waals surface area contributed by atoms with Gasteiger partial charge in [-0.25, -0.2) is 0 Å². The first-order chi connectivity index (χ1) is 15.2. The summed E-state index contributed by atoms with van der Waals surface area (Å²) in [5.74, 6) is 0.176. The molecule has 6 nitrogen and oxygen atoms in total. The van der Waals surface area contributed by atoms with E-state index in [1.165, 1.54) is 5.56 Å². The Morgan fingerprint density at radius 2 is 1.56 bits per heavy atom. The molecule has 6 heteroatoms. The van der Waals surface area contributed by atoms with Gasteiger partial charge in [0.05, 0.1) is 26.4 Å². The minimum absolute atomic E-state index is 0.266. The van der Waals surface area contributed by atoms with Gasteiger partial charge in [-0.3, -0.25) is 4.84 Å². The lowest BCUT2D eigenvalue weighted by Crippen LogP contribution is -2.66. The van der Waals surface area contributed by atoms with E-state index in [0.717, 1.165) is 18.8 Å². The molecule has 0 saturated carbocycles. The fraction of sp³-hybridized carbons (Fsp3) is 0.615. The van der Waals surface area contributed by atoms with E-state index in [4.69, 9.17) is 23.8 Å². The molecular formula is C26H39NO5. The normalized spacial score (nSPS) is 23.4. The summed E-state index contributed by atoms with van der Waals surface area (Å²) in [4.78, 5) is 6.37. The maximum Gasteiger partial charge on any atom is 0.172 e. The first kappa shape index (κ1) is 24.9. The highest BCUT2D eigenvalue weighted by molar-refractivity contribution is 5.27. The number of benzene rings is 1. The van der Waals surface area contributed by atoms with Crippen LogP contribution in [0.5, 0.6) is 5.75 Å². The van der Waals surface area contributed by atoms with E-state index < -0.39 is 5.79 Å². The molecule has 3 rings (SSSR count). The predicted molar refractivity (Wildman–Crippen MR) is 126 cm³/mol. The topological polar surface area (TPSA) is 52.7 Å². The van der Waals surface area contributed by atoms with Crippen LogP contribution in [0.1, 0.15) is 46.1 Å². The molecular weight excluding hydrogens is 406 g/mol. The Kier molecular flexibility index (Phi) is 8.17. The van der Waals surface area contributed by atoms with Crippen molar-refractivity contribution in [3.63, 3.8) is 0 Å². The summed E-state index contributed by atoms with van der Waals surface area (Å²) in [6.07, 6.45) is 5.97. The predicted octanol–water partition coefficient (Wildman–Crippen LogP) is 4.69. The summed E-state index contributed by atoms with van der Waals surface area (Å²) < 4.78 is 23.2. The van der Waals surface area contributed by atoms with Crippen molar-refractivity contribution in [3.05, 3.63) is 55.1 Å². The van der Waals surface area contributed by atoms with Crippen LogP contribution in [0.15, 0.2) is 49.6 Å². The lowest BCUT2D eigenvalue weighted by atomic mass is 9.78. The first-order valence-corrected chi connectivity index (χ1v) is 11.5. The average Bonchev–Trinajstić information content (AvgIpc) is 3.56. The van der Waals surface area contributed by atoms with Gasteiger partial charge in [0.25, 0.3) is 0 Å². The van der Waals surface area contributed by atoms with Crippen molar-refractivity contribution in [2.45, 2.75) is 69.9 Å². The van der Waals surface area contributed by atoms with Crippen LogP contribution in [0, 0.1) is 0 Å². The Hall–Kier alpha value is -1.70. The third kappa shape index (κ3) is 6.65. The van der Waals surface area contributed by atoms with Crippen molar-refractivity contribution < 1.29 is 23.8 Å². The third-order valence-electron chi connectivity index (χ3n) is 5.80. The number of epoxide rings is 1. The second kappa shape index (κ2) is 10.5. The van der Waals surface area contributed by atoms with Crippen LogP contribution in [0.25, 0.3) is 0 Å². The number of hydroxylamine groups is 2. The van der Waals surface area contributed by atoms with Crippen molar-refractivity contribution in [2.24, 2.45) is 0 Å². The summed E-state index contributed by atoms with van der Waals surface area (Å²) in [6.45, 7) is 19.2. The standard InChI is InChI=1S/C26H39NO5/c1-7-14-30-26(31-15-8-2)19-24(3,4)27(25(5,6)20-26)32-16-13-21-9-11-22(12-10-21)28-17-23-18-29-23/h7-12,23H,1-2,13-20H2,3-6H3. The highest BCUT2D eigenvalue weighted by atomic mass is 16.7. The molecule has 0 spiro atoms. The highest BCUT2D eigenvalue weighted by Crippen LogP contribution is 2.46. The number of rotatable bonds is 13. The highest BCUT2D eigenvalue weighted by Gasteiger charge is 2.54. The van der Waals surface area contributed by atoms with E-state index in [1.807, 2.05) is 12.1 Å². The molecule has 0 amide bonds. The molecule has 2 aliphatic rings. The molecule has 1 aromatic rings. The zero-order valence-electron chi connectivity index (χ0n) is 20.1. The molecule has 0 radical (unpaired) electrons. The zero-order valence-corrected chi connectivity index (χ0v) is 20.1. The number of piperidine rings is 1. The summed E-state index contributed by atoms with van der Waals surface area (Å²) >= 11 is 0. The van der Waals surface area contributed by atoms with Gasteiger partial charge in [-0.1, -0.05) is 24.3 Å². The molecule has 0 aliphatic carbocycles. The van der Waals surface area contributed by atoms with Crippen molar-refractivity contribution in [1.82, 2.24) is 5.06 Å². The van der Waals surface area contributed by atoms with E-state index in [1.54, 1.807) is 12.2 Å². The van der Waals surface area contributed by atoms with Gasteiger partial charge in [0.15, 0.2) is 5.79 Å². The number of hydrogen-bond acceptors (Lipinski definition) is 6. The van der Waals surface area contributed by atoms with E-state index in [9.17, 15) is 0 Å². The van der Waals surface area contributed by atoms with Gasteiger partial charge >= 0.3 is 0 Å². The van der Waals surface area contributed by atoms with Gasteiger partial charge in [-0.05, 0) is 51.8 Å². The van der Waals surface area contributed by atoms with Gasteiger partial charge in [-0.15, -0.1) is 13.2 Å². The van der Waals surface area contributed by atoms with E-state index in [-0.39, 0.29) is 17.2 Å². The number of ether oxygens (including phenoxy) is 4. The molecule has 0 bridgehead atoms. The molecule has 2 fully saturated rings. The minimum Gasteiger partial charge on any atom is -0.491 e. The van der Waals surface area contributed by atoms with Crippen molar-refractivity contribution in [3.8, 4) is 5.75 Å². The van der Waals surface area contributed by atoms with Gasteiger partial charge in [0.1, 0.15) is 18.5 Å². The zero-order chi connectivity index (χ0) is 23.2. The maximum atomic E-state index is 6.37. The molecule has 178 valence electrons. The van der Waals surface area contributed by atoms with Crippen LogP contribution in [0.2, 0.25) is 0 Å². The number of hydrogen-bond donors (Lipinski definition) is 0. The van der Waals surface area contributed by atoms with Crippen LogP contribution in [0.3, 0.4) is 0 Å². The Bertz CT molecular complexity index is 722. The third-order valence-corrected chi connectivity index (χ3v) is 5.80. The van der Waals surface area contributed by atoms with Crippen LogP contribution < -0.4 is 4.74 Å². The second-order valence-corrected chi connectivity index (χ2v) is 9.88. The summed E-state index contributed by atoms with van der Waals surface area (Å²) in [5, 5.41) is 2.12.